The molecule has 2 N–H and O–H groups in total. The van der Waals surface area contributed by atoms with E-state index < -0.39 is 5.97 Å². The number of aromatic nitrogens is 2. The van der Waals surface area contributed by atoms with Gasteiger partial charge in [-0.25, -0.2) is 9.78 Å². The highest BCUT2D eigenvalue weighted by Gasteiger charge is 2.25. The summed E-state index contributed by atoms with van der Waals surface area (Å²) < 4.78 is 5.00. The first kappa shape index (κ1) is 17.0. The van der Waals surface area contributed by atoms with Gasteiger partial charge in [0.15, 0.2) is 0 Å². The van der Waals surface area contributed by atoms with Crippen LogP contribution < -0.4 is 5.32 Å². The molecule has 1 aliphatic carbocycles. The van der Waals surface area contributed by atoms with Gasteiger partial charge < -0.3 is 15.2 Å². The van der Waals surface area contributed by atoms with E-state index in [-0.39, 0.29) is 30.1 Å². The lowest BCUT2D eigenvalue weighted by atomic mass is 9.84. The fourth-order valence-electron chi connectivity index (χ4n) is 2.85. The number of hydrogen-bond donors (Lipinski definition) is 2. The summed E-state index contributed by atoms with van der Waals surface area (Å²) in [7, 11) is 0. The van der Waals surface area contributed by atoms with Crippen molar-refractivity contribution >= 4 is 23.4 Å². The number of hydrogen-bond acceptors (Lipinski definition) is 6. The smallest absolute Gasteiger partial charge is 0.343 e. The van der Waals surface area contributed by atoms with Crippen molar-refractivity contribution in [2.24, 2.45) is 5.92 Å². The van der Waals surface area contributed by atoms with E-state index in [1.807, 2.05) is 0 Å². The van der Waals surface area contributed by atoms with Gasteiger partial charge in [-0.3, -0.25) is 0 Å². The van der Waals surface area contributed by atoms with Crippen molar-refractivity contribution in [3.8, 4) is 0 Å². The molecule has 122 valence electrons. The van der Waals surface area contributed by atoms with Crippen LogP contribution >= 0.6 is 11.6 Å². The van der Waals surface area contributed by atoms with E-state index in [1.54, 1.807) is 6.92 Å². The van der Waals surface area contributed by atoms with E-state index in [1.165, 1.54) is 12.6 Å². The number of aliphatic hydroxyl groups is 1. The van der Waals surface area contributed by atoms with E-state index >= 15 is 0 Å². The normalized spacial score (nSPS) is 17.0. The molecule has 1 aromatic heterocycles. The summed E-state index contributed by atoms with van der Waals surface area (Å²) in [6.45, 7) is 1.99. The van der Waals surface area contributed by atoms with Crippen LogP contribution in [0.25, 0.3) is 0 Å². The topological polar surface area (TPSA) is 84.3 Å². The first-order valence-electron chi connectivity index (χ1n) is 7.72. The summed E-state index contributed by atoms with van der Waals surface area (Å²) in [6, 6.07) is -0.153. The number of anilines is 1. The third kappa shape index (κ3) is 4.30. The summed E-state index contributed by atoms with van der Waals surface area (Å²) in [6.07, 6.45) is 7.04. The van der Waals surface area contributed by atoms with Gasteiger partial charge in [-0.2, -0.15) is 4.98 Å². The number of carbonyl (C=O) groups is 1. The molecule has 0 bridgehead atoms. The second kappa shape index (κ2) is 8.29. The number of aliphatic hydroxyl groups excluding tert-OH is 1. The second-order valence-corrected chi connectivity index (χ2v) is 5.79. The summed E-state index contributed by atoms with van der Waals surface area (Å²) >= 11 is 5.83. The number of nitrogens with zero attached hydrogens (tertiary/aromatic N) is 2. The Hall–Kier alpha value is -1.40. The average Bonchev–Trinajstić information content (AvgIpc) is 2.53. The number of halogens is 1. The zero-order valence-electron chi connectivity index (χ0n) is 12.7. The molecule has 1 saturated carbocycles. The molecule has 0 aromatic carbocycles. The number of nitrogens with one attached hydrogen (secondary N) is 1. The maximum Gasteiger partial charge on any atom is 0.343 e. The predicted molar refractivity (Wildman–Crippen MR) is 84.1 cm³/mol. The third-order valence-corrected chi connectivity index (χ3v) is 4.17. The Labute approximate surface area is 135 Å². The molecule has 0 spiro atoms. The molecule has 1 heterocycles. The van der Waals surface area contributed by atoms with Gasteiger partial charge in [-0.1, -0.05) is 19.3 Å². The highest BCUT2D eigenvalue weighted by atomic mass is 35.5. The number of ether oxygens (including phenoxy) is 1. The lowest BCUT2D eigenvalue weighted by molar-refractivity contribution is 0.0526. The van der Waals surface area contributed by atoms with Crippen LogP contribution in [0.2, 0.25) is 5.28 Å². The van der Waals surface area contributed by atoms with E-state index in [2.05, 4.69) is 15.3 Å². The van der Waals surface area contributed by atoms with Crippen molar-refractivity contribution in [2.75, 3.05) is 18.5 Å². The summed E-state index contributed by atoms with van der Waals surface area (Å²) in [4.78, 5) is 19.9. The molecule has 0 saturated heterocycles. The van der Waals surface area contributed by atoms with Crippen molar-refractivity contribution < 1.29 is 14.6 Å². The number of rotatable bonds is 6. The molecule has 6 nitrogen and oxygen atoms in total. The maximum absolute atomic E-state index is 12.0. The summed E-state index contributed by atoms with van der Waals surface area (Å²) in [5.74, 6) is 0.188. The Kier molecular flexibility index (Phi) is 6.39. The van der Waals surface area contributed by atoms with Crippen molar-refractivity contribution in [1.82, 2.24) is 9.97 Å². The molecule has 22 heavy (non-hydrogen) atoms. The summed E-state index contributed by atoms with van der Waals surface area (Å²) in [5, 5.41) is 12.9. The summed E-state index contributed by atoms with van der Waals surface area (Å²) in [5.41, 5.74) is 0.237. The van der Waals surface area contributed by atoms with Crippen LogP contribution in [0.1, 0.15) is 49.4 Å². The highest BCUT2D eigenvalue weighted by molar-refractivity contribution is 6.28. The number of esters is 1. The largest absolute Gasteiger partial charge is 0.462 e. The van der Waals surface area contributed by atoms with Crippen LogP contribution in [0.5, 0.6) is 0 Å². The van der Waals surface area contributed by atoms with E-state index in [0.717, 1.165) is 25.7 Å². The fourth-order valence-corrected chi connectivity index (χ4v) is 2.99. The zero-order chi connectivity index (χ0) is 15.9. The van der Waals surface area contributed by atoms with Crippen molar-refractivity contribution in [1.29, 1.82) is 0 Å². The first-order valence-corrected chi connectivity index (χ1v) is 8.10. The van der Waals surface area contributed by atoms with Gasteiger partial charge >= 0.3 is 5.97 Å². The monoisotopic (exact) mass is 327 g/mol. The Morgan fingerprint density at radius 3 is 2.86 bits per heavy atom. The molecule has 1 aliphatic rings. The van der Waals surface area contributed by atoms with Gasteiger partial charge in [0, 0.05) is 6.20 Å². The molecule has 1 fully saturated rings. The second-order valence-electron chi connectivity index (χ2n) is 5.45. The van der Waals surface area contributed by atoms with Gasteiger partial charge in [-0.05, 0) is 37.3 Å². The van der Waals surface area contributed by atoms with Crippen LogP contribution in [0, 0.1) is 5.92 Å². The Morgan fingerprint density at radius 2 is 2.23 bits per heavy atom. The molecule has 7 heteroatoms. The highest BCUT2D eigenvalue weighted by Crippen LogP contribution is 2.28. The minimum atomic E-state index is -0.498. The third-order valence-electron chi connectivity index (χ3n) is 3.99. The first-order chi connectivity index (χ1) is 10.7. The van der Waals surface area contributed by atoms with Gasteiger partial charge in [-0.15, -0.1) is 0 Å². The Bertz CT molecular complexity index is 507. The van der Waals surface area contributed by atoms with Gasteiger partial charge in [0.1, 0.15) is 11.4 Å². The molecular formula is C15H22ClN3O3. The standard InChI is InChI=1S/C15H22ClN3O3/c1-2-22-14(21)11-8-17-15(16)19-13(11)18-12(9-20)10-6-4-3-5-7-10/h8,10,12,20H,2-7,9H2,1H3,(H,17,18,19)/t12-/m1/s1. The maximum atomic E-state index is 12.0. The van der Waals surface area contributed by atoms with Crippen LogP contribution in [0.4, 0.5) is 5.82 Å². The Balaban J connectivity index is 2.18. The van der Waals surface area contributed by atoms with Gasteiger partial charge in [0.2, 0.25) is 5.28 Å². The molecule has 0 unspecified atom stereocenters. The quantitative estimate of drug-likeness (QED) is 0.617. The minimum absolute atomic E-state index is 0.0193. The molecule has 1 atom stereocenters. The van der Waals surface area contributed by atoms with Crippen LogP contribution in [0.3, 0.4) is 0 Å². The minimum Gasteiger partial charge on any atom is -0.462 e. The van der Waals surface area contributed by atoms with Crippen LogP contribution in [-0.4, -0.2) is 40.3 Å². The zero-order valence-corrected chi connectivity index (χ0v) is 13.5. The van der Waals surface area contributed by atoms with Crippen LogP contribution in [-0.2, 0) is 4.74 Å². The molecule has 0 radical (unpaired) electrons. The lowest BCUT2D eigenvalue weighted by Gasteiger charge is -2.30. The van der Waals surface area contributed by atoms with E-state index in [0.29, 0.717) is 11.7 Å². The van der Waals surface area contributed by atoms with Crippen LogP contribution in [0.15, 0.2) is 6.20 Å². The molecule has 0 amide bonds. The SMILES string of the molecule is CCOC(=O)c1cnc(Cl)nc1N[C@H](CO)C1CCCCC1. The number of carbonyl (C=O) groups excluding carboxylic acids is 1. The van der Waals surface area contributed by atoms with Crippen molar-refractivity contribution in [3.05, 3.63) is 17.0 Å². The van der Waals surface area contributed by atoms with E-state index in [4.69, 9.17) is 16.3 Å². The predicted octanol–water partition coefficient (Wildman–Crippen LogP) is 2.66. The van der Waals surface area contributed by atoms with Gasteiger partial charge in [0.05, 0.1) is 19.3 Å². The molecular weight excluding hydrogens is 306 g/mol. The fraction of sp³-hybridized carbons (Fsp3) is 0.667. The van der Waals surface area contributed by atoms with Crippen molar-refractivity contribution in [2.45, 2.75) is 45.1 Å². The Morgan fingerprint density at radius 1 is 1.50 bits per heavy atom. The molecule has 2 rings (SSSR count). The van der Waals surface area contributed by atoms with Gasteiger partial charge in [0.25, 0.3) is 0 Å². The van der Waals surface area contributed by atoms with E-state index in [9.17, 15) is 9.90 Å². The lowest BCUT2D eigenvalue weighted by Crippen LogP contribution is -2.35. The average molecular weight is 328 g/mol. The molecule has 0 aliphatic heterocycles. The van der Waals surface area contributed by atoms with Crippen molar-refractivity contribution in [3.63, 3.8) is 0 Å². The molecule has 1 aromatic rings.